The number of urea groups is 1. The van der Waals surface area contributed by atoms with Gasteiger partial charge in [0.15, 0.2) is 0 Å². The number of hydrogen-bond donors (Lipinski definition) is 2. The first-order valence-electron chi connectivity index (χ1n) is 6.67. The number of hydroxylamine groups is 2. The van der Waals surface area contributed by atoms with Crippen LogP contribution in [0, 0.1) is 0 Å². The molecule has 2 rings (SSSR count). The van der Waals surface area contributed by atoms with Crippen LogP contribution in [-0.4, -0.2) is 29.9 Å². The Kier molecular flexibility index (Phi) is 5.17. The number of nitrogens with zero attached hydrogens (tertiary/aromatic N) is 1. The summed E-state index contributed by atoms with van der Waals surface area (Å²) in [6.45, 7) is 0.443. The minimum atomic E-state index is -0.522. The number of ether oxygens (including phenoxy) is 1. The van der Waals surface area contributed by atoms with Crippen LogP contribution in [0.4, 0.5) is 4.79 Å². The van der Waals surface area contributed by atoms with Crippen molar-refractivity contribution in [1.29, 1.82) is 0 Å². The maximum atomic E-state index is 11.2. The number of benzene rings is 2. The monoisotopic (exact) mass is 286 g/mol. The zero-order chi connectivity index (χ0) is 15.1. The van der Waals surface area contributed by atoms with Gasteiger partial charge in [0.1, 0.15) is 11.5 Å². The van der Waals surface area contributed by atoms with Crippen molar-refractivity contribution >= 4 is 6.03 Å². The molecule has 0 saturated heterocycles. The van der Waals surface area contributed by atoms with Gasteiger partial charge in [-0.1, -0.05) is 30.3 Å². The van der Waals surface area contributed by atoms with Gasteiger partial charge in [0.25, 0.3) is 0 Å². The molecule has 0 aliphatic rings. The van der Waals surface area contributed by atoms with E-state index in [9.17, 15) is 4.79 Å². The molecule has 0 aliphatic heterocycles. The van der Waals surface area contributed by atoms with Crippen molar-refractivity contribution in [2.24, 2.45) is 0 Å². The summed E-state index contributed by atoms with van der Waals surface area (Å²) in [7, 11) is 1.28. The van der Waals surface area contributed by atoms with E-state index in [4.69, 9.17) is 9.94 Å². The van der Waals surface area contributed by atoms with Crippen LogP contribution >= 0.6 is 0 Å². The lowest BCUT2D eigenvalue weighted by atomic mass is 10.1. The summed E-state index contributed by atoms with van der Waals surface area (Å²) in [5, 5.41) is 12.0. The highest BCUT2D eigenvalue weighted by atomic mass is 16.5. The number of rotatable bonds is 5. The predicted molar refractivity (Wildman–Crippen MR) is 79.6 cm³/mol. The molecule has 0 unspecified atom stereocenters. The Bertz CT molecular complexity index is 585. The number of nitrogens with one attached hydrogen (secondary N) is 1. The Hall–Kier alpha value is -2.53. The molecule has 0 atom stereocenters. The number of para-hydroxylation sites is 1. The SMILES string of the molecule is CN(O)C(=O)NCCc1cccc(Oc2ccccc2)c1. The van der Waals surface area contributed by atoms with Gasteiger partial charge in [-0.2, -0.15) is 0 Å². The molecule has 0 bridgehead atoms. The van der Waals surface area contributed by atoms with Crippen LogP contribution in [0.1, 0.15) is 5.56 Å². The molecule has 0 radical (unpaired) electrons. The summed E-state index contributed by atoms with van der Waals surface area (Å²) >= 11 is 0. The second-order valence-electron chi connectivity index (χ2n) is 4.57. The molecule has 2 N–H and O–H groups in total. The van der Waals surface area contributed by atoms with E-state index in [0.29, 0.717) is 18.0 Å². The maximum absolute atomic E-state index is 11.2. The van der Waals surface area contributed by atoms with Gasteiger partial charge in [-0.25, -0.2) is 9.86 Å². The minimum Gasteiger partial charge on any atom is -0.457 e. The molecule has 21 heavy (non-hydrogen) atoms. The molecule has 0 spiro atoms. The lowest BCUT2D eigenvalue weighted by Gasteiger charge is -2.11. The van der Waals surface area contributed by atoms with Gasteiger partial charge in [0.05, 0.1) is 0 Å². The number of carbonyl (C=O) groups is 1. The summed E-state index contributed by atoms with van der Waals surface area (Å²) < 4.78 is 5.75. The highest BCUT2D eigenvalue weighted by Gasteiger charge is 2.04. The fourth-order valence-electron chi connectivity index (χ4n) is 1.82. The van der Waals surface area contributed by atoms with Crippen LogP contribution in [0.2, 0.25) is 0 Å². The summed E-state index contributed by atoms with van der Waals surface area (Å²) in [5.41, 5.74) is 1.05. The van der Waals surface area contributed by atoms with E-state index in [2.05, 4.69) is 5.32 Å². The number of hydrogen-bond acceptors (Lipinski definition) is 3. The lowest BCUT2D eigenvalue weighted by Crippen LogP contribution is -2.36. The summed E-state index contributed by atoms with van der Waals surface area (Å²) in [4.78, 5) is 11.2. The van der Waals surface area contributed by atoms with Gasteiger partial charge in [-0.05, 0) is 36.2 Å². The second-order valence-corrected chi connectivity index (χ2v) is 4.57. The molecule has 5 nitrogen and oxygen atoms in total. The molecule has 2 amide bonds. The molecule has 0 aliphatic carbocycles. The van der Waals surface area contributed by atoms with Crippen LogP contribution in [0.15, 0.2) is 54.6 Å². The minimum absolute atomic E-state index is 0.443. The summed E-state index contributed by atoms with van der Waals surface area (Å²) in [5.74, 6) is 1.54. The van der Waals surface area contributed by atoms with E-state index in [1.54, 1.807) is 0 Å². The van der Waals surface area contributed by atoms with Crippen LogP contribution in [0.25, 0.3) is 0 Å². The first-order chi connectivity index (χ1) is 10.1. The van der Waals surface area contributed by atoms with E-state index in [1.165, 1.54) is 7.05 Å². The largest absolute Gasteiger partial charge is 0.457 e. The zero-order valence-electron chi connectivity index (χ0n) is 11.8. The maximum Gasteiger partial charge on any atom is 0.340 e. The molecular formula is C16H18N2O3. The normalized spacial score (nSPS) is 10.0. The van der Waals surface area contributed by atoms with E-state index < -0.39 is 6.03 Å². The van der Waals surface area contributed by atoms with Gasteiger partial charge in [0, 0.05) is 13.6 Å². The van der Waals surface area contributed by atoms with Crippen molar-refractivity contribution in [2.75, 3.05) is 13.6 Å². The average Bonchev–Trinajstić information content (AvgIpc) is 2.48. The molecule has 0 saturated carbocycles. The summed E-state index contributed by atoms with van der Waals surface area (Å²) in [6, 6.07) is 16.7. The molecule has 2 aromatic carbocycles. The topological polar surface area (TPSA) is 61.8 Å². The van der Waals surface area contributed by atoms with E-state index in [0.717, 1.165) is 17.1 Å². The second kappa shape index (κ2) is 7.31. The quantitative estimate of drug-likeness (QED) is 0.656. The third-order valence-electron chi connectivity index (χ3n) is 2.86. The predicted octanol–water partition coefficient (Wildman–Crippen LogP) is 3.05. The number of amides is 2. The Morgan fingerprint density at radius 3 is 2.57 bits per heavy atom. The lowest BCUT2D eigenvalue weighted by molar-refractivity contribution is -0.0181. The van der Waals surface area contributed by atoms with Crippen LogP contribution in [-0.2, 0) is 6.42 Å². The van der Waals surface area contributed by atoms with Gasteiger partial charge in [-0.15, -0.1) is 0 Å². The van der Waals surface area contributed by atoms with Crippen molar-refractivity contribution < 1.29 is 14.7 Å². The van der Waals surface area contributed by atoms with Crippen LogP contribution in [0.5, 0.6) is 11.5 Å². The Labute approximate surface area is 123 Å². The average molecular weight is 286 g/mol. The standard InChI is InChI=1S/C16H18N2O3/c1-18(20)16(19)17-11-10-13-6-5-9-15(12-13)21-14-7-3-2-4-8-14/h2-9,12,20H,10-11H2,1H3,(H,17,19). The van der Waals surface area contributed by atoms with Crippen molar-refractivity contribution in [2.45, 2.75) is 6.42 Å². The highest BCUT2D eigenvalue weighted by molar-refractivity contribution is 5.72. The Morgan fingerprint density at radius 1 is 1.14 bits per heavy atom. The molecule has 2 aromatic rings. The van der Waals surface area contributed by atoms with Crippen molar-refractivity contribution in [1.82, 2.24) is 10.4 Å². The van der Waals surface area contributed by atoms with Crippen LogP contribution in [0.3, 0.4) is 0 Å². The fourth-order valence-corrected chi connectivity index (χ4v) is 1.82. The van der Waals surface area contributed by atoms with Gasteiger partial charge in [-0.3, -0.25) is 5.21 Å². The molecule has 0 aromatic heterocycles. The molecule has 0 heterocycles. The molecule has 5 heteroatoms. The molecular weight excluding hydrogens is 268 g/mol. The van der Waals surface area contributed by atoms with Crippen LogP contribution < -0.4 is 10.1 Å². The van der Waals surface area contributed by atoms with Gasteiger partial charge >= 0.3 is 6.03 Å². The Balaban J connectivity index is 1.90. The fraction of sp³-hybridized carbons (Fsp3) is 0.188. The Morgan fingerprint density at radius 2 is 1.86 bits per heavy atom. The zero-order valence-corrected chi connectivity index (χ0v) is 11.8. The van der Waals surface area contributed by atoms with E-state index in [1.807, 2.05) is 54.6 Å². The highest BCUT2D eigenvalue weighted by Crippen LogP contribution is 2.21. The molecule has 0 fully saturated rings. The van der Waals surface area contributed by atoms with Gasteiger partial charge in [0.2, 0.25) is 0 Å². The van der Waals surface area contributed by atoms with E-state index >= 15 is 0 Å². The first kappa shape index (κ1) is 14.9. The molecule has 110 valence electrons. The smallest absolute Gasteiger partial charge is 0.340 e. The van der Waals surface area contributed by atoms with E-state index in [-0.39, 0.29) is 0 Å². The third-order valence-corrected chi connectivity index (χ3v) is 2.86. The summed E-state index contributed by atoms with van der Waals surface area (Å²) in [6.07, 6.45) is 0.658. The third kappa shape index (κ3) is 4.81. The first-order valence-corrected chi connectivity index (χ1v) is 6.67. The van der Waals surface area contributed by atoms with Crippen molar-refractivity contribution in [3.05, 3.63) is 60.2 Å². The van der Waals surface area contributed by atoms with Crippen molar-refractivity contribution in [3.63, 3.8) is 0 Å². The van der Waals surface area contributed by atoms with Gasteiger partial charge < -0.3 is 10.1 Å². The van der Waals surface area contributed by atoms with Crippen molar-refractivity contribution in [3.8, 4) is 11.5 Å². The number of carbonyl (C=O) groups excluding carboxylic acids is 1.